The van der Waals surface area contributed by atoms with Gasteiger partial charge in [0.25, 0.3) is 0 Å². The van der Waals surface area contributed by atoms with E-state index >= 15 is 0 Å². The van der Waals surface area contributed by atoms with E-state index in [1.165, 1.54) is 18.2 Å². The molecule has 0 aliphatic heterocycles. The topological polar surface area (TPSA) is 46.5 Å². The van der Waals surface area contributed by atoms with E-state index in [-0.39, 0.29) is 58.1 Å². The van der Waals surface area contributed by atoms with Crippen LogP contribution < -0.4 is 34.3 Å². The van der Waals surface area contributed by atoms with Gasteiger partial charge in [-0.1, -0.05) is 29.3 Å². The number of phenolic OH excluding ortho intramolecular Hbond substituents is 1. The summed E-state index contributed by atoms with van der Waals surface area (Å²) in [6, 6.07) is 12.7. The summed E-state index contributed by atoms with van der Waals surface area (Å²) in [5.41, 5.74) is 1.88. The third kappa shape index (κ3) is 4.96. The minimum absolute atomic E-state index is 0. The van der Waals surface area contributed by atoms with Crippen LogP contribution in [0.25, 0.3) is 16.5 Å². The second-order valence-corrected chi connectivity index (χ2v) is 7.12. The van der Waals surface area contributed by atoms with Gasteiger partial charge in [0.15, 0.2) is 5.78 Å². The van der Waals surface area contributed by atoms with E-state index < -0.39 is 0 Å². The fourth-order valence-corrected chi connectivity index (χ4v) is 3.50. The Balaban J connectivity index is 0.00000196. The first kappa shape index (κ1) is 22.0. The number of hydrogen-bond acceptors (Lipinski definition) is 4. The number of carbonyl (C=O) groups excluding carboxylic acids is 1. The summed E-state index contributed by atoms with van der Waals surface area (Å²) in [7, 11) is 1.57. The molecule has 0 saturated carbocycles. The molecule has 0 radical (unpaired) electrons. The van der Waals surface area contributed by atoms with E-state index in [1.54, 1.807) is 24.5 Å². The Bertz CT molecular complexity index is 991. The quantitative estimate of drug-likeness (QED) is 0.384. The maximum atomic E-state index is 12.4. The minimum atomic E-state index is -0.385. The van der Waals surface area contributed by atoms with Crippen molar-refractivity contribution < 1.29 is 45.6 Å². The molecule has 0 spiro atoms. The van der Waals surface area contributed by atoms with Crippen LogP contribution in [0.4, 0.5) is 0 Å². The molecule has 0 aliphatic carbocycles. The van der Waals surface area contributed by atoms with Crippen LogP contribution in [0.2, 0.25) is 10.0 Å². The first-order valence-corrected chi connectivity index (χ1v) is 9.26. The molecule has 0 amide bonds. The maximum Gasteiger partial charge on any atom is 1.00 e. The molecule has 3 rings (SSSR count). The summed E-state index contributed by atoms with van der Waals surface area (Å²) < 4.78 is 5.37. The number of rotatable bonds is 5. The molecule has 134 valence electrons. The molecule has 7 heteroatoms. The van der Waals surface area contributed by atoms with Crippen LogP contribution in [0.1, 0.15) is 17.3 Å². The van der Waals surface area contributed by atoms with Crippen LogP contribution >= 0.6 is 34.5 Å². The molecule has 3 nitrogen and oxygen atoms in total. The second kappa shape index (κ2) is 9.78. The number of hydrogen-bond donors (Lipinski definition) is 1. The van der Waals surface area contributed by atoms with Crippen molar-refractivity contribution >= 4 is 46.4 Å². The minimum Gasteiger partial charge on any atom is -1.00 e. The molecular weight excluding hydrogens is 414 g/mol. The van der Waals surface area contributed by atoms with Crippen molar-refractivity contribution in [3.63, 3.8) is 0 Å². The number of carbonyl (C=O) groups is 1. The third-order valence-electron chi connectivity index (χ3n) is 3.78. The van der Waals surface area contributed by atoms with E-state index in [2.05, 4.69) is 0 Å². The van der Waals surface area contributed by atoms with Gasteiger partial charge in [0.05, 0.1) is 17.7 Å². The van der Waals surface area contributed by atoms with Gasteiger partial charge >= 0.3 is 29.6 Å². The maximum absolute atomic E-state index is 12.4. The van der Waals surface area contributed by atoms with Crippen LogP contribution in [-0.2, 0) is 0 Å². The summed E-state index contributed by atoms with van der Waals surface area (Å²) in [5.74, 6) is -0.0644. The molecular formula is C20H15Cl2NaO3S. The number of ketones is 1. The number of aromatic hydroxyl groups is 1. The average molecular weight is 429 g/mol. The van der Waals surface area contributed by atoms with Crippen molar-refractivity contribution in [3.05, 3.63) is 75.1 Å². The molecule has 0 saturated heterocycles. The van der Waals surface area contributed by atoms with E-state index in [0.29, 0.717) is 5.75 Å². The summed E-state index contributed by atoms with van der Waals surface area (Å²) in [4.78, 5) is 13.5. The Kier molecular flexibility index (Phi) is 7.98. The van der Waals surface area contributed by atoms with Crippen LogP contribution in [-0.4, -0.2) is 18.0 Å². The zero-order valence-electron chi connectivity index (χ0n) is 15.7. The number of ether oxygens (including phenoxy) is 1. The molecule has 0 atom stereocenters. The van der Waals surface area contributed by atoms with Crippen molar-refractivity contribution in [3.8, 4) is 21.9 Å². The molecule has 1 heterocycles. The standard InChI is InChI=1S/C20H14Cl2O3S.Na.H/c1-25-17-9-5-13(18-3-2-10-26-18)11-12(17)4-8-16(23)14-6-7-15(21)19(22)20(14)24;;/h2-11,24H,1H3;;/q;+1;-1. The molecule has 0 aliphatic rings. The summed E-state index contributed by atoms with van der Waals surface area (Å²) >= 11 is 13.4. The molecule has 1 aromatic heterocycles. The van der Waals surface area contributed by atoms with Crippen molar-refractivity contribution in [2.45, 2.75) is 0 Å². The molecule has 0 unspecified atom stereocenters. The van der Waals surface area contributed by atoms with Gasteiger partial charge < -0.3 is 11.3 Å². The van der Waals surface area contributed by atoms with E-state index in [1.807, 2.05) is 35.7 Å². The zero-order chi connectivity index (χ0) is 18.7. The number of halogens is 2. The predicted molar refractivity (Wildman–Crippen MR) is 109 cm³/mol. The number of allylic oxidation sites excluding steroid dienone is 1. The van der Waals surface area contributed by atoms with E-state index in [0.717, 1.165) is 16.0 Å². The average Bonchev–Trinajstić information content (AvgIpc) is 3.19. The zero-order valence-corrected chi connectivity index (χ0v) is 19.0. The Hall–Kier alpha value is -1.27. The van der Waals surface area contributed by atoms with Crippen molar-refractivity contribution in [2.75, 3.05) is 7.11 Å². The first-order chi connectivity index (χ1) is 12.5. The Labute approximate surface area is 195 Å². The van der Waals surface area contributed by atoms with Gasteiger partial charge in [-0.05, 0) is 59.5 Å². The molecule has 3 aromatic rings. The van der Waals surface area contributed by atoms with Crippen LogP contribution in [0, 0.1) is 0 Å². The van der Waals surface area contributed by atoms with E-state index in [4.69, 9.17) is 27.9 Å². The number of methoxy groups -OCH3 is 1. The van der Waals surface area contributed by atoms with Gasteiger partial charge in [0, 0.05) is 10.4 Å². The largest absolute Gasteiger partial charge is 1.00 e. The summed E-state index contributed by atoms with van der Waals surface area (Å²) in [6.07, 6.45) is 3.02. The van der Waals surface area contributed by atoms with Gasteiger partial charge in [0.1, 0.15) is 16.5 Å². The van der Waals surface area contributed by atoms with Gasteiger partial charge in [0.2, 0.25) is 0 Å². The Morgan fingerprint density at radius 2 is 2.00 bits per heavy atom. The van der Waals surface area contributed by atoms with Crippen LogP contribution in [0.5, 0.6) is 11.5 Å². The third-order valence-corrected chi connectivity index (χ3v) is 5.50. The van der Waals surface area contributed by atoms with Crippen molar-refractivity contribution in [1.82, 2.24) is 0 Å². The molecule has 2 aromatic carbocycles. The SMILES string of the molecule is COc1ccc(-c2cccs2)cc1C=CC(=O)c1ccc(Cl)c(Cl)c1O.[H-].[Na+]. The smallest absolute Gasteiger partial charge is 1.00 e. The molecule has 27 heavy (non-hydrogen) atoms. The van der Waals surface area contributed by atoms with Crippen LogP contribution in [0.3, 0.4) is 0 Å². The summed E-state index contributed by atoms with van der Waals surface area (Å²) in [6.45, 7) is 0. The molecule has 0 fully saturated rings. The fraction of sp³-hybridized carbons (Fsp3) is 0.0500. The van der Waals surface area contributed by atoms with Gasteiger partial charge in [-0.2, -0.15) is 0 Å². The molecule has 1 N–H and O–H groups in total. The van der Waals surface area contributed by atoms with Gasteiger partial charge in [-0.15, -0.1) is 11.3 Å². The fourth-order valence-electron chi connectivity index (χ4n) is 2.45. The normalized spacial score (nSPS) is 10.6. The van der Waals surface area contributed by atoms with Gasteiger partial charge in [-0.3, -0.25) is 4.79 Å². The number of phenols is 1. The monoisotopic (exact) mass is 428 g/mol. The predicted octanol–water partition coefficient (Wildman–Crippen LogP) is 3.45. The Morgan fingerprint density at radius 3 is 2.67 bits per heavy atom. The van der Waals surface area contributed by atoms with E-state index in [9.17, 15) is 9.90 Å². The summed E-state index contributed by atoms with van der Waals surface area (Å²) in [5, 5.41) is 12.2. The number of benzene rings is 2. The number of thiophene rings is 1. The van der Waals surface area contributed by atoms with Crippen molar-refractivity contribution in [2.24, 2.45) is 0 Å². The Morgan fingerprint density at radius 1 is 1.22 bits per heavy atom. The second-order valence-electron chi connectivity index (χ2n) is 5.39. The van der Waals surface area contributed by atoms with Crippen LogP contribution in [0.15, 0.2) is 53.9 Å². The molecule has 0 bridgehead atoms. The van der Waals surface area contributed by atoms with Gasteiger partial charge in [-0.25, -0.2) is 0 Å². The first-order valence-electron chi connectivity index (χ1n) is 7.62. The van der Waals surface area contributed by atoms with Crippen molar-refractivity contribution in [1.29, 1.82) is 0 Å².